The fourth-order valence-corrected chi connectivity index (χ4v) is 5.39. The maximum atomic E-state index is 12.7. The van der Waals surface area contributed by atoms with Crippen LogP contribution in [0.15, 0.2) is 47.4 Å². The van der Waals surface area contributed by atoms with Crippen LogP contribution < -0.4 is 5.32 Å². The zero-order valence-electron chi connectivity index (χ0n) is 18.8. The highest BCUT2D eigenvalue weighted by Crippen LogP contribution is 2.29. The first kappa shape index (κ1) is 22.5. The van der Waals surface area contributed by atoms with Crippen LogP contribution in [0.25, 0.3) is 11.0 Å². The Morgan fingerprint density at radius 3 is 2.75 bits per heavy atom. The van der Waals surface area contributed by atoms with Crippen LogP contribution in [0.5, 0.6) is 0 Å². The number of carbonyl (C=O) groups excluding carboxylic acids is 1. The molecule has 1 aromatic heterocycles. The van der Waals surface area contributed by atoms with Crippen molar-refractivity contribution in [3.8, 4) is 0 Å². The first-order valence-corrected chi connectivity index (χ1v) is 12.5. The molecule has 1 amide bonds. The monoisotopic (exact) mass is 454 g/mol. The molecular formula is C24H30N4O3S. The van der Waals surface area contributed by atoms with Gasteiger partial charge in [-0.15, -0.1) is 0 Å². The van der Waals surface area contributed by atoms with E-state index in [0.29, 0.717) is 24.9 Å². The Labute approximate surface area is 189 Å². The summed E-state index contributed by atoms with van der Waals surface area (Å²) in [6.45, 7) is 2.72. The number of carbonyl (C=O) groups is 1. The molecule has 3 aromatic rings. The number of rotatable bonds is 7. The molecule has 170 valence electrons. The van der Waals surface area contributed by atoms with Crippen LogP contribution in [0, 0.1) is 0 Å². The van der Waals surface area contributed by atoms with Crippen LogP contribution in [-0.4, -0.2) is 42.3 Å². The number of hydrogen-bond donors (Lipinski definition) is 1. The lowest BCUT2D eigenvalue weighted by molar-refractivity contribution is -0.121. The normalized spacial score (nSPS) is 16.3. The summed E-state index contributed by atoms with van der Waals surface area (Å²) < 4.78 is 28.2. The lowest BCUT2D eigenvalue weighted by Gasteiger charge is -2.26. The van der Waals surface area contributed by atoms with Crippen LogP contribution in [0.2, 0.25) is 0 Å². The molecule has 4 rings (SSSR count). The number of aryl methyl sites for hydroxylation is 3. The molecule has 1 aliphatic rings. The fourth-order valence-electron chi connectivity index (χ4n) is 4.47. The lowest BCUT2D eigenvalue weighted by atomic mass is 9.87. The zero-order valence-corrected chi connectivity index (χ0v) is 19.7. The first-order chi connectivity index (χ1) is 15.3. The summed E-state index contributed by atoms with van der Waals surface area (Å²) in [4.78, 5) is 17.6. The highest BCUT2D eigenvalue weighted by molar-refractivity contribution is 7.89. The van der Waals surface area contributed by atoms with Gasteiger partial charge in [-0.2, -0.15) is 0 Å². The number of fused-ring (bicyclic) bond motifs is 2. The summed E-state index contributed by atoms with van der Waals surface area (Å²) in [6.07, 6.45) is 3.93. The molecule has 0 bridgehead atoms. The van der Waals surface area contributed by atoms with Gasteiger partial charge in [0.05, 0.1) is 22.0 Å². The van der Waals surface area contributed by atoms with E-state index in [9.17, 15) is 13.2 Å². The molecule has 1 atom stereocenters. The van der Waals surface area contributed by atoms with Crippen molar-refractivity contribution in [2.24, 2.45) is 0 Å². The summed E-state index contributed by atoms with van der Waals surface area (Å²) in [5.41, 5.74) is 4.05. The van der Waals surface area contributed by atoms with E-state index in [2.05, 4.69) is 22.4 Å². The van der Waals surface area contributed by atoms with Gasteiger partial charge in [0, 0.05) is 33.5 Å². The number of aromatic nitrogens is 2. The predicted molar refractivity (Wildman–Crippen MR) is 125 cm³/mol. The minimum atomic E-state index is -3.53. The summed E-state index contributed by atoms with van der Waals surface area (Å²) in [6, 6.07) is 13.4. The van der Waals surface area contributed by atoms with Gasteiger partial charge in [-0.1, -0.05) is 24.3 Å². The maximum Gasteiger partial charge on any atom is 0.242 e. The van der Waals surface area contributed by atoms with Crippen molar-refractivity contribution in [3.05, 3.63) is 59.4 Å². The van der Waals surface area contributed by atoms with Gasteiger partial charge in [0.15, 0.2) is 0 Å². The Bertz CT molecular complexity index is 1250. The Kier molecular flexibility index (Phi) is 6.35. The third-order valence-corrected chi connectivity index (χ3v) is 7.98. The summed E-state index contributed by atoms with van der Waals surface area (Å²) in [5.74, 6) is 0.804. The standard InChI is InChI=1S/C24H30N4O3S/c1-4-28-22-13-12-18(32(30,31)27(2)3)16-21(22)25-23(28)14-15-24(29)26-20-11-7-9-17-8-5-6-10-19(17)20/h5-6,8,10,12-13,16,20H,4,7,9,11,14-15H2,1-3H3,(H,26,29). The average molecular weight is 455 g/mol. The molecule has 0 saturated heterocycles. The number of hydrogen-bond acceptors (Lipinski definition) is 4. The van der Waals surface area contributed by atoms with Gasteiger partial charge in [-0.3, -0.25) is 4.79 Å². The smallest absolute Gasteiger partial charge is 0.242 e. The molecule has 0 spiro atoms. The van der Waals surface area contributed by atoms with Gasteiger partial charge in [-0.05, 0) is 55.5 Å². The number of amides is 1. The van der Waals surface area contributed by atoms with Crippen molar-refractivity contribution >= 4 is 27.0 Å². The van der Waals surface area contributed by atoms with Crippen LogP contribution in [0.3, 0.4) is 0 Å². The van der Waals surface area contributed by atoms with E-state index in [1.54, 1.807) is 18.2 Å². The first-order valence-electron chi connectivity index (χ1n) is 11.1. The van der Waals surface area contributed by atoms with Crippen LogP contribution in [0.4, 0.5) is 0 Å². The van der Waals surface area contributed by atoms with E-state index in [-0.39, 0.29) is 16.8 Å². The highest BCUT2D eigenvalue weighted by atomic mass is 32.2. The third kappa shape index (κ3) is 4.29. The molecule has 1 unspecified atom stereocenters. The van der Waals surface area contributed by atoms with Crippen LogP contribution in [-0.2, 0) is 34.2 Å². The Morgan fingerprint density at radius 2 is 2.00 bits per heavy atom. The minimum Gasteiger partial charge on any atom is -0.349 e. The molecule has 1 heterocycles. The Morgan fingerprint density at radius 1 is 1.22 bits per heavy atom. The van der Waals surface area contributed by atoms with Gasteiger partial charge >= 0.3 is 0 Å². The topological polar surface area (TPSA) is 84.3 Å². The molecule has 1 aliphatic carbocycles. The predicted octanol–water partition coefficient (Wildman–Crippen LogP) is 3.43. The van der Waals surface area contributed by atoms with E-state index in [4.69, 9.17) is 0 Å². The molecule has 7 nitrogen and oxygen atoms in total. The summed E-state index contributed by atoms with van der Waals surface area (Å²) in [7, 11) is -0.500. The Hall–Kier alpha value is -2.71. The van der Waals surface area contributed by atoms with Crippen LogP contribution in [0.1, 0.15) is 49.2 Å². The molecule has 2 aromatic carbocycles. The number of nitrogens with zero attached hydrogens (tertiary/aromatic N) is 3. The lowest BCUT2D eigenvalue weighted by Crippen LogP contribution is -2.31. The zero-order chi connectivity index (χ0) is 22.9. The van der Waals surface area contributed by atoms with E-state index in [0.717, 1.165) is 30.6 Å². The maximum absolute atomic E-state index is 12.7. The highest BCUT2D eigenvalue weighted by Gasteiger charge is 2.22. The molecule has 0 radical (unpaired) electrons. The average Bonchev–Trinajstić information content (AvgIpc) is 3.14. The van der Waals surface area contributed by atoms with Gasteiger partial charge in [0.2, 0.25) is 15.9 Å². The molecule has 32 heavy (non-hydrogen) atoms. The molecule has 1 N–H and O–H groups in total. The number of sulfonamides is 1. The van der Waals surface area contributed by atoms with Crippen molar-refractivity contribution in [1.82, 2.24) is 19.2 Å². The molecular weight excluding hydrogens is 424 g/mol. The van der Waals surface area contributed by atoms with E-state index >= 15 is 0 Å². The van der Waals surface area contributed by atoms with E-state index < -0.39 is 10.0 Å². The van der Waals surface area contributed by atoms with Gasteiger partial charge in [0.25, 0.3) is 0 Å². The number of imidazole rings is 1. The van der Waals surface area contributed by atoms with Crippen LogP contribution >= 0.6 is 0 Å². The fraction of sp³-hybridized carbons (Fsp3) is 0.417. The second-order valence-corrected chi connectivity index (χ2v) is 10.6. The van der Waals surface area contributed by atoms with Crippen molar-refractivity contribution in [1.29, 1.82) is 0 Å². The van der Waals surface area contributed by atoms with Gasteiger partial charge in [0.1, 0.15) is 5.82 Å². The second-order valence-electron chi connectivity index (χ2n) is 8.42. The summed E-state index contributed by atoms with van der Waals surface area (Å²) in [5, 5.41) is 3.20. The second kappa shape index (κ2) is 9.03. The largest absolute Gasteiger partial charge is 0.349 e. The van der Waals surface area contributed by atoms with Gasteiger partial charge in [-0.25, -0.2) is 17.7 Å². The molecule has 8 heteroatoms. The number of benzene rings is 2. The molecule has 0 fully saturated rings. The quantitative estimate of drug-likeness (QED) is 0.593. The SMILES string of the molecule is CCn1c(CCC(=O)NC2CCCc3ccccc32)nc2cc(S(=O)(=O)N(C)C)ccc21. The molecule has 0 aliphatic heterocycles. The van der Waals surface area contributed by atoms with Gasteiger partial charge < -0.3 is 9.88 Å². The number of nitrogens with one attached hydrogen (secondary N) is 1. The summed E-state index contributed by atoms with van der Waals surface area (Å²) >= 11 is 0. The minimum absolute atomic E-state index is 0.0114. The van der Waals surface area contributed by atoms with Crippen molar-refractivity contribution in [2.45, 2.75) is 56.5 Å². The van der Waals surface area contributed by atoms with E-state index in [1.165, 1.54) is 29.5 Å². The molecule has 0 saturated carbocycles. The van der Waals surface area contributed by atoms with Crippen molar-refractivity contribution in [2.75, 3.05) is 14.1 Å². The Balaban J connectivity index is 1.50. The van der Waals surface area contributed by atoms with Crippen molar-refractivity contribution in [3.63, 3.8) is 0 Å². The van der Waals surface area contributed by atoms with E-state index in [1.807, 2.05) is 23.6 Å². The third-order valence-electron chi connectivity index (χ3n) is 6.17. The van der Waals surface area contributed by atoms with Crippen molar-refractivity contribution < 1.29 is 13.2 Å².